The lowest BCUT2D eigenvalue weighted by molar-refractivity contribution is -0.132. The van der Waals surface area contributed by atoms with E-state index in [1.54, 1.807) is 4.57 Å². The van der Waals surface area contributed by atoms with E-state index in [0.29, 0.717) is 39.4 Å². The van der Waals surface area contributed by atoms with Crippen molar-refractivity contribution in [2.24, 2.45) is 0 Å². The molecule has 0 radical (unpaired) electrons. The van der Waals surface area contributed by atoms with Gasteiger partial charge in [-0.1, -0.05) is 25.1 Å². The molecular weight excluding hydrogens is 464 g/mol. The van der Waals surface area contributed by atoms with E-state index in [9.17, 15) is 14.4 Å². The van der Waals surface area contributed by atoms with Crippen molar-refractivity contribution in [1.82, 2.24) is 19.8 Å². The van der Waals surface area contributed by atoms with Gasteiger partial charge in [0.1, 0.15) is 16.4 Å². The molecule has 1 atom stereocenters. The zero-order valence-corrected chi connectivity index (χ0v) is 21.0. The van der Waals surface area contributed by atoms with Crippen LogP contribution < -0.4 is 15.6 Å². The Bertz CT molecular complexity index is 1340. The minimum absolute atomic E-state index is 0.0130. The van der Waals surface area contributed by atoms with Gasteiger partial charge < -0.3 is 15.0 Å². The quantitative estimate of drug-likeness (QED) is 0.542. The number of nitrogens with one attached hydrogen (secondary N) is 1. The summed E-state index contributed by atoms with van der Waals surface area (Å²) in [6, 6.07) is 7.21. The molecule has 0 aliphatic carbocycles. The maximum Gasteiger partial charge on any atom is 0.262 e. The number of carbonyl (C=O) groups is 2. The molecule has 35 heavy (non-hydrogen) atoms. The van der Waals surface area contributed by atoms with Crippen LogP contribution in [0.1, 0.15) is 65.3 Å². The van der Waals surface area contributed by atoms with Crippen molar-refractivity contribution in [2.45, 2.75) is 58.5 Å². The van der Waals surface area contributed by atoms with Gasteiger partial charge in [0.15, 0.2) is 6.61 Å². The number of nitrogens with zero attached hydrogens (tertiary/aromatic N) is 3. The lowest BCUT2D eigenvalue weighted by atomic mass is 10.0. The molecule has 2 amide bonds. The van der Waals surface area contributed by atoms with Crippen LogP contribution >= 0.6 is 11.3 Å². The summed E-state index contributed by atoms with van der Waals surface area (Å²) in [5.41, 5.74) is 1.45. The van der Waals surface area contributed by atoms with Crippen molar-refractivity contribution in [1.29, 1.82) is 0 Å². The summed E-state index contributed by atoms with van der Waals surface area (Å²) in [4.78, 5) is 46.4. The van der Waals surface area contributed by atoms with Gasteiger partial charge in [-0.2, -0.15) is 0 Å². The fourth-order valence-corrected chi connectivity index (χ4v) is 6.11. The van der Waals surface area contributed by atoms with Crippen molar-refractivity contribution in [3.05, 3.63) is 56.4 Å². The minimum atomic E-state index is -0.302. The van der Waals surface area contributed by atoms with E-state index in [2.05, 4.69) is 10.3 Å². The molecule has 5 rings (SSSR count). The molecule has 2 aromatic heterocycles. The second kappa shape index (κ2) is 9.81. The molecule has 2 aliphatic heterocycles. The molecule has 9 heteroatoms. The van der Waals surface area contributed by atoms with Crippen LogP contribution in [-0.2, 0) is 17.8 Å². The molecule has 184 valence electrons. The predicted molar refractivity (Wildman–Crippen MR) is 135 cm³/mol. The van der Waals surface area contributed by atoms with Crippen LogP contribution in [0.5, 0.6) is 5.75 Å². The standard InChI is InChI=1S/C26H30N4O4S/c1-3-18(17-9-4-5-10-19(17)34-15-21(31)29-12-6-7-13-29)27-24(32)23-16(2)22-25(35-23)28-20-11-8-14-30(20)26(22)33/h4-5,9-10,18H,3,6-8,11-15H2,1-2H3,(H,27,32). The normalized spacial score (nSPS) is 15.9. The van der Waals surface area contributed by atoms with E-state index in [1.165, 1.54) is 11.3 Å². The number of para-hydroxylation sites is 1. The largest absolute Gasteiger partial charge is 0.483 e. The Morgan fingerprint density at radius 2 is 1.94 bits per heavy atom. The van der Waals surface area contributed by atoms with Crippen LogP contribution in [0.3, 0.4) is 0 Å². The zero-order chi connectivity index (χ0) is 24.5. The van der Waals surface area contributed by atoms with E-state index in [1.807, 2.05) is 43.0 Å². The Hall–Kier alpha value is -3.20. The highest BCUT2D eigenvalue weighted by atomic mass is 32.1. The minimum Gasteiger partial charge on any atom is -0.483 e. The van der Waals surface area contributed by atoms with Crippen molar-refractivity contribution in [3.63, 3.8) is 0 Å². The number of hydrogen-bond acceptors (Lipinski definition) is 6. The summed E-state index contributed by atoms with van der Waals surface area (Å²) in [5.74, 6) is 1.15. The number of aryl methyl sites for hydroxylation is 2. The van der Waals surface area contributed by atoms with Gasteiger partial charge in [0.2, 0.25) is 0 Å². The molecule has 0 saturated carbocycles. The first-order valence-electron chi connectivity index (χ1n) is 12.3. The lowest BCUT2D eigenvalue weighted by Crippen LogP contribution is -2.32. The first-order chi connectivity index (χ1) is 17.0. The molecular formula is C26H30N4O4S. The van der Waals surface area contributed by atoms with E-state index in [4.69, 9.17) is 4.74 Å². The topological polar surface area (TPSA) is 93.5 Å². The van der Waals surface area contributed by atoms with Crippen molar-refractivity contribution in [2.75, 3.05) is 19.7 Å². The van der Waals surface area contributed by atoms with Gasteiger partial charge in [0, 0.05) is 31.6 Å². The van der Waals surface area contributed by atoms with E-state index < -0.39 is 0 Å². The van der Waals surface area contributed by atoms with E-state index in [0.717, 1.165) is 50.2 Å². The molecule has 0 bridgehead atoms. The molecule has 1 N–H and O–H groups in total. The number of amides is 2. The van der Waals surface area contributed by atoms with Crippen molar-refractivity contribution < 1.29 is 14.3 Å². The highest BCUT2D eigenvalue weighted by molar-refractivity contribution is 7.20. The molecule has 0 spiro atoms. The van der Waals surface area contributed by atoms with Gasteiger partial charge in [-0.25, -0.2) is 4.98 Å². The van der Waals surface area contributed by atoms with Crippen LogP contribution in [0.2, 0.25) is 0 Å². The molecule has 1 unspecified atom stereocenters. The fraction of sp³-hybridized carbons (Fsp3) is 0.462. The highest BCUT2D eigenvalue weighted by Gasteiger charge is 2.26. The molecule has 8 nitrogen and oxygen atoms in total. The zero-order valence-electron chi connectivity index (χ0n) is 20.1. The summed E-state index contributed by atoms with van der Waals surface area (Å²) in [5, 5.41) is 3.66. The maximum atomic E-state index is 13.4. The highest BCUT2D eigenvalue weighted by Crippen LogP contribution is 2.31. The Labute approximate surface area is 207 Å². The molecule has 1 aromatic carbocycles. The average Bonchev–Trinajstić information content (AvgIpc) is 3.62. The number of hydrogen-bond donors (Lipinski definition) is 1. The predicted octanol–water partition coefficient (Wildman–Crippen LogP) is 3.59. The number of aromatic nitrogens is 2. The Balaban J connectivity index is 1.36. The summed E-state index contributed by atoms with van der Waals surface area (Å²) in [6.45, 7) is 6.05. The first-order valence-corrected chi connectivity index (χ1v) is 13.1. The third-order valence-electron chi connectivity index (χ3n) is 6.94. The number of rotatable bonds is 7. The lowest BCUT2D eigenvalue weighted by Gasteiger charge is -2.21. The Kier molecular flexibility index (Phi) is 6.60. The monoisotopic (exact) mass is 494 g/mol. The Morgan fingerprint density at radius 3 is 2.71 bits per heavy atom. The third kappa shape index (κ3) is 4.45. The van der Waals surface area contributed by atoms with Crippen LogP contribution in [0.25, 0.3) is 10.2 Å². The van der Waals surface area contributed by atoms with Gasteiger partial charge in [-0.3, -0.25) is 19.0 Å². The number of benzene rings is 1. The second-order valence-electron chi connectivity index (χ2n) is 9.17. The second-order valence-corrected chi connectivity index (χ2v) is 10.2. The maximum absolute atomic E-state index is 13.4. The smallest absolute Gasteiger partial charge is 0.262 e. The number of thiophene rings is 1. The number of likely N-dealkylation sites (tertiary alicyclic amines) is 1. The van der Waals surface area contributed by atoms with Gasteiger partial charge in [-0.15, -0.1) is 11.3 Å². The number of ether oxygens (including phenoxy) is 1. The third-order valence-corrected chi connectivity index (χ3v) is 8.12. The summed E-state index contributed by atoms with van der Waals surface area (Å²) in [7, 11) is 0. The molecule has 1 saturated heterocycles. The van der Waals surface area contributed by atoms with Gasteiger partial charge >= 0.3 is 0 Å². The van der Waals surface area contributed by atoms with Gasteiger partial charge in [0.25, 0.3) is 17.4 Å². The SMILES string of the molecule is CCC(NC(=O)c1sc2nc3n(c(=O)c2c1C)CCC3)c1ccccc1OCC(=O)N1CCCC1. The van der Waals surface area contributed by atoms with E-state index in [-0.39, 0.29) is 30.0 Å². The fourth-order valence-electron chi connectivity index (χ4n) is 5.01. The van der Waals surface area contributed by atoms with Crippen LogP contribution in [0.15, 0.2) is 29.1 Å². The van der Waals surface area contributed by atoms with Crippen LogP contribution in [-0.4, -0.2) is 46.0 Å². The van der Waals surface area contributed by atoms with Crippen molar-refractivity contribution >= 4 is 33.4 Å². The van der Waals surface area contributed by atoms with Crippen LogP contribution in [0.4, 0.5) is 0 Å². The van der Waals surface area contributed by atoms with Crippen LogP contribution in [0, 0.1) is 6.92 Å². The average molecular weight is 495 g/mol. The summed E-state index contributed by atoms with van der Waals surface area (Å²) < 4.78 is 7.65. The number of fused-ring (bicyclic) bond motifs is 2. The summed E-state index contributed by atoms with van der Waals surface area (Å²) in [6.07, 6.45) is 4.43. The summed E-state index contributed by atoms with van der Waals surface area (Å²) >= 11 is 1.27. The van der Waals surface area contributed by atoms with E-state index >= 15 is 0 Å². The van der Waals surface area contributed by atoms with Gasteiger partial charge in [0.05, 0.1) is 16.3 Å². The molecule has 3 aromatic rings. The van der Waals surface area contributed by atoms with Crippen molar-refractivity contribution in [3.8, 4) is 5.75 Å². The molecule has 4 heterocycles. The molecule has 1 fully saturated rings. The molecule has 2 aliphatic rings. The van der Waals surface area contributed by atoms with Gasteiger partial charge in [-0.05, 0) is 44.2 Å². The first kappa shape index (κ1) is 23.5. The number of carbonyl (C=O) groups excluding carboxylic acids is 2. The Morgan fingerprint density at radius 1 is 1.17 bits per heavy atom.